The molecule has 1 aromatic rings. The number of rotatable bonds is 3. The lowest BCUT2D eigenvalue weighted by molar-refractivity contribution is -0.163. The molecule has 2 N–H and O–H groups in total. The summed E-state index contributed by atoms with van der Waals surface area (Å²) in [4.78, 5) is 11.9. The molecule has 1 aromatic carbocycles. The maximum absolute atomic E-state index is 12.7. The molecule has 0 aliphatic heterocycles. The summed E-state index contributed by atoms with van der Waals surface area (Å²) in [5.41, 5.74) is -1.30. The number of nitrogens with one attached hydrogen (secondary N) is 2. The number of para-hydroxylation sites is 1. The lowest BCUT2D eigenvalue weighted by Crippen LogP contribution is -2.47. The number of halogens is 3. The minimum atomic E-state index is -4.39. The summed E-state index contributed by atoms with van der Waals surface area (Å²) in [7, 11) is 1.61. The predicted octanol–water partition coefficient (Wildman–Crippen LogP) is 2.55. The molecule has 1 aliphatic carbocycles. The summed E-state index contributed by atoms with van der Waals surface area (Å²) < 4.78 is 38.2. The molecule has 2 rings (SSSR count). The van der Waals surface area contributed by atoms with Gasteiger partial charge in [-0.25, -0.2) is 0 Å². The van der Waals surface area contributed by atoms with E-state index in [9.17, 15) is 18.0 Å². The van der Waals surface area contributed by atoms with E-state index < -0.39 is 17.6 Å². The third kappa shape index (κ3) is 2.14. The summed E-state index contributed by atoms with van der Waals surface area (Å²) in [6, 6.07) is 6.46. The molecular weight excluding hydrogens is 245 g/mol. The van der Waals surface area contributed by atoms with Crippen molar-refractivity contribution >= 4 is 11.6 Å². The van der Waals surface area contributed by atoms with E-state index in [1.165, 1.54) is 6.07 Å². The summed E-state index contributed by atoms with van der Waals surface area (Å²) in [5, 5.41) is 4.87. The van der Waals surface area contributed by atoms with Crippen LogP contribution in [0.2, 0.25) is 0 Å². The van der Waals surface area contributed by atoms with Crippen molar-refractivity contribution < 1.29 is 18.0 Å². The molecule has 1 fully saturated rings. The van der Waals surface area contributed by atoms with Gasteiger partial charge in [-0.2, -0.15) is 13.2 Å². The van der Waals surface area contributed by atoms with Gasteiger partial charge in [0.05, 0.1) is 5.56 Å². The summed E-state index contributed by atoms with van der Waals surface area (Å²) >= 11 is 0. The normalized spacial score (nSPS) is 17.1. The van der Waals surface area contributed by atoms with Crippen molar-refractivity contribution in [3.63, 3.8) is 0 Å². The molecule has 6 heteroatoms. The van der Waals surface area contributed by atoms with E-state index in [4.69, 9.17) is 0 Å². The van der Waals surface area contributed by atoms with Crippen LogP contribution in [0.3, 0.4) is 0 Å². The number of carbonyl (C=O) groups is 1. The Labute approximate surface area is 102 Å². The van der Waals surface area contributed by atoms with Gasteiger partial charge in [-0.15, -0.1) is 0 Å². The van der Waals surface area contributed by atoms with Gasteiger partial charge in [-0.1, -0.05) is 12.1 Å². The maximum atomic E-state index is 12.7. The Morgan fingerprint density at radius 3 is 2.39 bits per heavy atom. The van der Waals surface area contributed by atoms with Gasteiger partial charge in [0.25, 0.3) is 5.91 Å². The Hall–Kier alpha value is -1.72. The molecule has 0 aromatic heterocycles. The second-order valence-corrected chi connectivity index (χ2v) is 4.33. The van der Waals surface area contributed by atoms with Gasteiger partial charge in [0.15, 0.2) is 0 Å². The van der Waals surface area contributed by atoms with E-state index in [-0.39, 0.29) is 18.4 Å². The number of hydrogen-bond acceptors (Lipinski definition) is 2. The largest absolute Gasteiger partial charge is 0.411 e. The van der Waals surface area contributed by atoms with Crippen LogP contribution in [0.5, 0.6) is 0 Å². The van der Waals surface area contributed by atoms with Crippen LogP contribution in [-0.4, -0.2) is 24.7 Å². The van der Waals surface area contributed by atoms with E-state index in [2.05, 4.69) is 10.6 Å². The van der Waals surface area contributed by atoms with Crippen molar-refractivity contribution in [1.29, 1.82) is 0 Å². The van der Waals surface area contributed by atoms with Gasteiger partial charge >= 0.3 is 6.18 Å². The lowest BCUT2D eigenvalue weighted by atomic mass is 10.1. The third-order valence-corrected chi connectivity index (χ3v) is 3.09. The topological polar surface area (TPSA) is 41.1 Å². The molecule has 98 valence electrons. The highest BCUT2D eigenvalue weighted by Crippen LogP contribution is 2.49. The van der Waals surface area contributed by atoms with Crippen molar-refractivity contribution in [1.82, 2.24) is 5.32 Å². The molecule has 0 heterocycles. The van der Waals surface area contributed by atoms with Crippen LogP contribution < -0.4 is 10.6 Å². The van der Waals surface area contributed by atoms with Gasteiger partial charge in [0.2, 0.25) is 0 Å². The van der Waals surface area contributed by atoms with E-state index in [0.717, 1.165) is 0 Å². The first-order chi connectivity index (χ1) is 8.39. The molecule has 1 amide bonds. The van der Waals surface area contributed by atoms with E-state index in [1.807, 2.05) is 0 Å². The summed E-state index contributed by atoms with van der Waals surface area (Å²) in [5.74, 6) is -0.699. The first-order valence-electron chi connectivity index (χ1n) is 5.56. The Morgan fingerprint density at radius 1 is 1.28 bits per heavy atom. The van der Waals surface area contributed by atoms with Crippen molar-refractivity contribution in [2.45, 2.75) is 24.6 Å². The van der Waals surface area contributed by atoms with Crippen LogP contribution >= 0.6 is 0 Å². The van der Waals surface area contributed by atoms with Crippen LogP contribution in [-0.2, 0) is 0 Å². The molecular formula is C12H13F3N2O. The average molecular weight is 258 g/mol. The second-order valence-electron chi connectivity index (χ2n) is 4.33. The van der Waals surface area contributed by atoms with Crippen LogP contribution in [0.25, 0.3) is 0 Å². The van der Waals surface area contributed by atoms with Crippen LogP contribution in [0.15, 0.2) is 24.3 Å². The second kappa shape index (κ2) is 4.19. The molecule has 0 saturated heterocycles. The molecule has 0 unspecified atom stereocenters. The zero-order chi connectivity index (χ0) is 13.4. The van der Waals surface area contributed by atoms with Gasteiger partial charge in [-0.3, -0.25) is 4.79 Å². The predicted molar refractivity (Wildman–Crippen MR) is 61.5 cm³/mol. The number of amides is 1. The molecule has 1 saturated carbocycles. The fourth-order valence-electron chi connectivity index (χ4n) is 1.79. The number of hydrogen-bond donors (Lipinski definition) is 2. The van der Waals surface area contributed by atoms with Crippen LogP contribution in [0, 0.1) is 0 Å². The Bertz CT molecular complexity index is 467. The SMILES string of the molecule is CNc1ccccc1C(=O)NC1(C(F)(F)F)CC1. The summed E-state index contributed by atoms with van der Waals surface area (Å²) in [6.45, 7) is 0. The molecule has 1 aliphatic rings. The highest BCUT2D eigenvalue weighted by Gasteiger charge is 2.64. The van der Waals surface area contributed by atoms with Crippen molar-refractivity contribution in [2.24, 2.45) is 0 Å². The van der Waals surface area contributed by atoms with Gasteiger partial charge in [0.1, 0.15) is 5.54 Å². The molecule has 0 bridgehead atoms. The van der Waals surface area contributed by atoms with Gasteiger partial charge < -0.3 is 10.6 Å². The highest BCUT2D eigenvalue weighted by atomic mass is 19.4. The fraction of sp³-hybridized carbons (Fsp3) is 0.417. The smallest absolute Gasteiger partial charge is 0.387 e. The van der Waals surface area contributed by atoms with Crippen molar-refractivity contribution in [3.8, 4) is 0 Å². The van der Waals surface area contributed by atoms with E-state index in [0.29, 0.717) is 5.69 Å². The lowest BCUT2D eigenvalue weighted by Gasteiger charge is -2.21. The summed E-state index contributed by atoms with van der Waals surface area (Å²) in [6.07, 6.45) is -4.49. The van der Waals surface area contributed by atoms with Crippen LogP contribution in [0.4, 0.5) is 18.9 Å². The van der Waals surface area contributed by atoms with Crippen molar-refractivity contribution in [2.75, 3.05) is 12.4 Å². The fourth-order valence-corrected chi connectivity index (χ4v) is 1.79. The highest BCUT2D eigenvalue weighted by molar-refractivity contribution is 6.00. The first-order valence-corrected chi connectivity index (χ1v) is 5.56. The molecule has 3 nitrogen and oxygen atoms in total. The van der Waals surface area contributed by atoms with Crippen LogP contribution in [0.1, 0.15) is 23.2 Å². The quantitative estimate of drug-likeness (QED) is 0.874. The zero-order valence-electron chi connectivity index (χ0n) is 9.77. The Kier molecular flexibility index (Phi) is 2.96. The number of benzene rings is 1. The Balaban J connectivity index is 2.19. The van der Waals surface area contributed by atoms with Gasteiger partial charge in [0, 0.05) is 12.7 Å². The standard InChI is InChI=1S/C12H13F3N2O/c1-16-9-5-3-2-4-8(9)10(18)17-11(6-7-11)12(13,14)15/h2-5,16H,6-7H2,1H3,(H,17,18). The molecule has 0 spiro atoms. The zero-order valence-corrected chi connectivity index (χ0v) is 9.77. The van der Waals surface area contributed by atoms with E-state index in [1.54, 1.807) is 25.2 Å². The Morgan fingerprint density at radius 2 is 1.89 bits per heavy atom. The third-order valence-electron chi connectivity index (χ3n) is 3.09. The van der Waals surface area contributed by atoms with E-state index >= 15 is 0 Å². The minimum Gasteiger partial charge on any atom is -0.387 e. The number of anilines is 1. The van der Waals surface area contributed by atoms with Gasteiger partial charge in [-0.05, 0) is 25.0 Å². The molecule has 0 atom stereocenters. The minimum absolute atomic E-state index is 0.0516. The molecule has 18 heavy (non-hydrogen) atoms. The number of alkyl halides is 3. The monoisotopic (exact) mass is 258 g/mol. The number of carbonyl (C=O) groups excluding carboxylic acids is 1. The average Bonchev–Trinajstić information content (AvgIpc) is 3.09. The molecule has 0 radical (unpaired) electrons. The first kappa shape index (κ1) is 12.7. The van der Waals surface area contributed by atoms with Crippen molar-refractivity contribution in [3.05, 3.63) is 29.8 Å². The maximum Gasteiger partial charge on any atom is 0.411 e.